The van der Waals surface area contributed by atoms with Crippen LogP contribution in [0.15, 0.2) is 29.4 Å². The van der Waals surface area contributed by atoms with Gasteiger partial charge in [-0.25, -0.2) is 10.9 Å². The van der Waals surface area contributed by atoms with Gasteiger partial charge in [-0.1, -0.05) is 12.1 Å². The molecule has 0 aliphatic carbocycles. The van der Waals surface area contributed by atoms with Gasteiger partial charge in [-0.05, 0) is 0 Å². The first-order valence-corrected chi connectivity index (χ1v) is 6.15. The number of nitro benzene ring substituents is 1. The summed E-state index contributed by atoms with van der Waals surface area (Å²) in [5.74, 6) is -0.515. The minimum absolute atomic E-state index is 0.0509. The fourth-order valence-corrected chi connectivity index (χ4v) is 1.80. The molecule has 2 amide bonds. The number of benzene rings is 1. The molecule has 1 heterocycles. The molecule has 0 saturated carbocycles. The third kappa shape index (κ3) is 4.35. The lowest BCUT2D eigenvalue weighted by atomic mass is 10.1. The molecule has 1 atom stereocenters. The minimum atomic E-state index is -0.508. The third-order valence-corrected chi connectivity index (χ3v) is 2.76. The lowest BCUT2D eigenvalue weighted by molar-refractivity contribution is -0.384. The van der Waals surface area contributed by atoms with Gasteiger partial charge in [0.1, 0.15) is 0 Å². The number of nitrogens with one attached hydrogen (secondary N) is 3. The molecule has 1 unspecified atom stereocenters. The van der Waals surface area contributed by atoms with E-state index in [0.717, 1.165) is 0 Å². The van der Waals surface area contributed by atoms with E-state index in [1.165, 1.54) is 24.4 Å². The number of carbonyl (C=O) groups is 2. The number of hydrogen-bond donors (Lipinski definition) is 3. The van der Waals surface area contributed by atoms with Gasteiger partial charge in [0.25, 0.3) is 5.69 Å². The van der Waals surface area contributed by atoms with Crippen molar-refractivity contribution in [3.63, 3.8) is 0 Å². The molecule has 110 valence electrons. The number of amides is 2. The van der Waals surface area contributed by atoms with Crippen LogP contribution >= 0.6 is 0 Å². The zero-order valence-electron chi connectivity index (χ0n) is 10.9. The molecule has 1 aliphatic heterocycles. The molecule has 21 heavy (non-hydrogen) atoms. The number of rotatable bonds is 5. The number of hydrazone groups is 1. The van der Waals surface area contributed by atoms with E-state index < -0.39 is 4.92 Å². The van der Waals surface area contributed by atoms with Crippen molar-refractivity contribution in [3.8, 4) is 0 Å². The summed E-state index contributed by atoms with van der Waals surface area (Å²) in [5.41, 5.74) is 7.83. The van der Waals surface area contributed by atoms with Gasteiger partial charge < -0.3 is 0 Å². The van der Waals surface area contributed by atoms with Crippen molar-refractivity contribution in [2.45, 2.75) is 18.9 Å². The number of non-ortho nitro benzene ring substituents is 1. The Morgan fingerprint density at radius 3 is 3.05 bits per heavy atom. The Kier molecular flexibility index (Phi) is 4.57. The predicted octanol–water partition coefficient (Wildman–Crippen LogP) is -0.172. The summed E-state index contributed by atoms with van der Waals surface area (Å²) in [5, 5.41) is 14.3. The smallest absolute Gasteiger partial charge is 0.270 e. The number of nitrogens with zero attached hydrogens (tertiary/aromatic N) is 2. The molecule has 1 aromatic carbocycles. The highest BCUT2D eigenvalue weighted by atomic mass is 16.6. The molecule has 0 bridgehead atoms. The monoisotopic (exact) mass is 291 g/mol. The molecule has 0 aromatic heterocycles. The third-order valence-electron chi connectivity index (χ3n) is 2.76. The van der Waals surface area contributed by atoms with E-state index in [1.807, 2.05) is 0 Å². The van der Waals surface area contributed by atoms with Gasteiger partial charge in [0.2, 0.25) is 11.8 Å². The zero-order valence-corrected chi connectivity index (χ0v) is 10.9. The first-order valence-electron chi connectivity index (χ1n) is 6.15. The van der Waals surface area contributed by atoms with E-state index in [4.69, 9.17) is 0 Å². The maximum absolute atomic E-state index is 11.6. The van der Waals surface area contributed by atoms with Crippen molar-refractivity contribution in [3.05, 3.63) is 39.9 Å². The summed E-state index contributed by atoms with van der Waals surface area (Å²) >= 11 is 0. The van der Waals surface area contributed by atoms with E-state index in [0.29, 0.717) is 5.56 Å². The fourth-order valence-electron chi connectivity index (χ4n) is 1.80. The first kappa shape index (κ1) is 14.6. The summed E-state index contributed by atoms with van der Waals surface area (Å²) < 4.78 is 0. The molecule has 3 N–H and O–H groups in total. The van der Waals surface area contributed by atoms with Gasteiger partial charge >= 0.3 is 0 Å². The summed E-state index contributed by atoms with van der Waals surface area (Å²) in [6, 6.07) is 5.61. The van der Waals surface area contributed by atoms with Crippen LogP contribution in [0.1, 0.15) is 18.4 Å². The normalized spacial score (nSPS) is 17.7. The van der Waals surface area contributed by atoms with Crippen molar-refractivity contribution in [2.75, 3.05) is 0 Å². The second-order valence-electron chi connectivity index (χ2n) is 4.44. The summed E-state index contributed by atoms with van der Waals surface area (Å²) in [6.07, 6.45) is 1.66. The molecule has 9 nitrogen and oxygen atoms in total. The predicted molar refractivity (Wildman–Crippen MR) is 73.1 cm³/mol. The maximum atomic E-state index is 11.6. The quantitative estimate of drug-likeness (QED) is 0.394. The largest absolute Gasteiger partial charge is 0.291 e. The Morgan fingerprint density at radius 1 is 1.57 bits per heavy atom. The molecule has 1 aromatic rings. The molecule has 0 spiro atoms. The molecular weight excluding hydrogens is 278 g/mol. The average molecular weight is 291 g/mol. The molecule has 9 heteroatoms. The highest BCUT2D eigenvalue weighted by molar-refractivity contribution is 5.84. The van der Waals surface area contributed by atoms with Gasteiger partial charge in [0.05, 0.1) is 11.1 Å². The van der Waals surface area contributed by atoms with Crippen molar-refractivity contribution in [1.82, 2.24) is 16.3 Å². The highest BCUT2D eigenvalue weighted by Crippen LogP contribution is 2.11. The van der Waals surface area contributed by atoms with Gasteiger partial charge in [-0.3, -0.25) is 25.1 Å². The SMILES string of the molecule is O=C(CC1CC(=O)NN1)N/N=C/c1cccc([N+](=O)[O-])c1. The van der Waals surface area contributed by atoms with Gasteiger partial charge in [0, 0.05) is 36.6 Å². The van der Waals surface area contributed by atoms with Crippen molar-refractivity contribution < 1.29 is 14.5 Å². The second kappa shape index (κ2) is 6.57. The Hall–Kier alpha value is -2.81. The summed E-state index contributed by atoms with van der Waals surface area (Å²) in [7, 11) is 0. The van der Waals surface area contributed by atoms with Crippen molar-refractivity contribution >= 4 is 23.7 Å². The van der Waals surface area contributed by atoms with E-state index in [9.17, 15) is 19.7 Å². The van der Waals surface area contributed by atoms with Crippen LogP contribution in [-0.2, 0) is 9.59 Å². The van der Waals surface area contributed by atoms with E-state index in [2.05, 4.69) is 21.4 Å². The van der Waals surface area contributed by atoms with Crippen LogP contribution in [0.5, 0.6) is 0 Å². The molecule has 0 radical (unpaired) electrons. The van der Waals surface area contributed by atoms with Crippen molar-refractivity contribution in [1.29, 1.82) is 0 Å². The van der Waals surface area contributed by atoms with Crippen LogP contribution in [0.3, 0.4) is 0 Å². The Morgan fingerprint density at radius 2 is 2.38 bits per heavy atom. The topological polar surface area (TPSA) is 126 Å². The van der Waals surface area contributed by atoms with Gasteiger partial charge in [-0.15, -0.1) is 0 Å². The Balaban J connectivity index is 1.84. The number of nitro groups is 1. The molecular formula is C12H13N5O4. The van der Waals surface area contributed by atoms with Gasteiger partial charge in [-0.2, -0.15) is 5.10 Å². The Labute approximate surface area is 119 Å². The summed E-state index contributed by atoms with van der Waals surface area (Å²) in [6.45, 7) is 0. The second-order valence-corrected chi connectivity index (χ2v) is 4.44. The van der Waals surface area contributed by atoms with Crippen LogP contribution in [0, 0.1) is 10.1 Å². The standard InChI is InChI=1S/C12H13N5O4/c18-11(5-9-6-12(19)16-14-9)15-13-7-8-2-1-3-10(4-8)17(20)21/h1-4,7,9,14H,5-6H2,(H,15,18)(H,16,19)/b13-7+. The molecule has 1 fully saturated rings. The van der Waals surface area contributed by atoms with Crippen LogP contribution in [0.4, 0.5) is 5.69 Å². The van der Waals surface area contributed by atoms with Crippen LogP contribution in [-0.4, -0.2) is 29.0 Å². The van der Waals surface area contributed by atoms with Gasteiger partial charge in [0.15, 0.2) is 0 Å². The molecule has 1 aliphatic rings. The van der Waals surface area contributed by atoms with E-state index >= 15 is 0 Å². The summed E-state index contributed by atoms with van der Waals surface area (Å²) in [4.78, 5) is 32.6. The minimum Gasteiger partial charge on any atom is -0.291 e. The highest BCUT2D eigenvalue weighted by Gasteiger charge is 2.23. The maximum Gasteiger partial charge on any atom is 0.270 e. The van der Waals surface area contributed by atoms with Crippen molar-refractivity contribution in [2.24, 2.45) is 5.10 Å². The van der Waals surface area contributed by atoms with Crippen LogP contribution < -0.4 is 16.3 Å². The first-order chi connectivity index (χ1) is 10.0. The van der Waals surface area contributed by atoms with Crippen LogP contribution in [0.25, 0.3) is 0 Å². The number of hydrazine groups is 1. The average Bonchev–Trinajstić information content (AvgIpc) is 2.84. The molecule has 1 saturated heterocycles. The molecule has 2 rings (SSSR count). The number of carbonyl (C=O) groups excluding carboxylic acids is 2. The zero-order chi connectivity index (χ0) is 15.2. The van der Waals surface area contributed by atoms with E-state index in [-0.39, 0.29) is 36.4 Å². The Bertz CT molecular complexity index is 601. The number of hydrogen-bond acceptors (Lipinski definition) is 6. The lowest BCUT2D eigenvalue weighted by Gasteiger charge is -2.05. The lowest BCUT2D eigenvalue weighted by Crippen LogP contribution is -2.34. The fraction of sp³-hybridized carbons (Fsp3) is 0.250. The van der Waals surface area contributed by atoms with E-state index in [1.54, 1.807) is 6.07 Å². The van der Waals surface area contributed by atoms with Crippen LogP contribution in [0.2, 0.25) is 0 Å².